The van der Waals surface area contributed by atoms with E-state index >= 15 is 0 Å². The highest BCUT2D eigenvalue weighted by atomic mass is 32.1. The predicted octanol–water partition coefficient (Wildman–Crippen LogP) is 4.53. The van der Waals surface area contributed by atoms with Crippen LogP contribution in [0.2, 0.25) is 0 Å². The predicted molar refractivity (Wildman–Crippen MR) is 120 cm³/mol. The first-order valence-corrected chi connectivity index (χ1v) is 10.2. The van der Waals surface area contributed by atoms with Gasteiger partial charge < -0.3 is 14.6 Å². The highest BCUT2D eigenvalue weighted by molar-refractivity contribution is 7.13. The molecular formula is C22H21N5O2S. The second-order valence-electron chi connectivity index (χ2n) is 6.77. The number of benzene rings is 2. The van der Waals surface area contributed by atoms with Crippen LogP contribution in [0.15, 0.2) is 60.1 Å². The second-order valence-corrected chi connectivity index (χ2v) is 7.66. The highest BCUT2D eigenvalue weighted by Gasteiger charge is 2.20. The lowest BCUT2D eigenvalue weighted by atomic mass is 10.1. The summed E-state index contributed by atoms with van der Waals surface area (Å²) in [5.74, 6) is 1.07. The first kappa shape index (κ1) is 19.7. The molecule has 0 radical (unpaired) electrons. The van der Waals surface area contributed by atoms with E-state index in [0.717, 1.165) is 22.6 Å². The summed E-state index contributed by atoms with van der Waals surface area (Å²) in [6, 6.07) is 15.4. The van der Waals surface area contributed by atoms with E-state index in [1.165, 1.54) is 11.3 Å². The Morgan fingerprint density at radius 3 is 2.37 bits per heavy atom. The first-order valence-electron chi connectivity index (χ1n) is 9.28. The Labute approximate surface area is 178 Å². The van der Waals surface area contributed by atoms with Gasteiger partial charge in [-0.15, -0.1) is 11.3 Å². The van der Waals surface area contributed by atoms with Gasteiger partial charge in [-0.05, 0) is 48.5 Å². The number of aromatic nitrogens is 3. The number of rotatable bonds is 6. The van der Waals surface area contributed by atoms with Crippen LogP contribution >= 0.6 is 11.3 Å². The molecule has 4 rings (SSSR count). The molecule has 0 fully saturated rings. The SMILES string of the molecule is COc1ccc(-c2nc(-c3ccc(N(C)C)cc3)[nH]c2C(=O)Nc2nccs2)cc1. The standard InChI is InChI=1S/C22H21N5O2S/c1-27(2)16-8-4-15(5-9-16)20-24-18(14-6-10-17(29-3)11-7-14)19(25-20)21(28)26-22-23-12-13-30-22/h4-13H,1-3H3,(H,24,25)(H,23,26,28). The van der Waals surface area contributed by atoms with Crippen molar-refractivity contribution >= 4 is 28.1 Å². The van der Waals surface area contributed by atoms with Crippen molar-refractivity contribution in [3.8, 4) is 28.4 Å². The molecule has 0 aliphatic rings. The fourth-order valence-corrected chi connectivity index (χ4v) is 3.52. The number of ether oxygens (including phenoxy) is 1. The minimum atomic E-state index is -0.292. The van der Waals surface area contributed by atoms with E-state index < -0.39 is 0 Å². The van der Waals surface area contributed by atoms with Gasteiger partial charge in [-0.3, -0.25) is 10.1 Å². The Morgan fingerprint density at radius 2 is 1.77 bits per heavy atom. The van der Waals surface area contributed by atoms with Crippen LogP contribution in [0.5, 0.6) is 5.75 Å². The zero-order valence-electron chi connectivity index (χ0n) is 16.8. The van der Waals surface area contributed by atoms with Crippen molar-refractivity contribution in [3.05, 3.63) is 65.8 Å². The van der Waals surface area contributed by atoms with E-state index in [9.17, 15) is 4.79 Å². The second kappa shape index (κ2) is 8.38. The average Bonchev–Trinajstić information content (AvgIpc) is 3.44. The minimum Gasteiger partial charge on any atom is -0.497 e. The molecule has 1 amide bonds. The quantitative estimate of drug-likeness (QED) is 0.480. The number of thiazole rings is 1. The van der Waals surface area contributed by atoms with Crippen LogP contribution < -0.4 is 15.0 Å². The summed E-state index contributed by atoms with van der Waals surface area (Å²) in [4.78, 5) is 27.1. The number of hydrogen-bond donors (Lipinski definition) is 2. The van der Waals surface area contributed by atoms with Crippen molar-refractivity contribution in [2.75, 3.05) is 31.4 Å². The van der Waals surface area contributed by atoms with E-state index in [0.29, 0.717) is 22.3 Å². The molecule has 7 nitrogen and oxygen atoms in total. The minimum absolute atomic E-state index is 0.292. The zero-order chi connectivity index (χ0) is 21.1. The maximum Gasteiger partial charge on any atom is 0.276 e. The van der Waals surface area contributed by atoms with Gasteiger partial charge in [-0.25, -0.2) is 9.97 Å². The van der Waals surface area contributed by atoms with Gasteiger partial charge in [0.1, 0.15) is 23.0 Å². The average molecular weight is 420 g/mol. The van der Waals surface area contributed by atoms with Gasteiger partial charge >= 0.3 is 0 Å². The summed E-state index contributed by atoms with van der Waals surface area (Å²) >= 11 is 1.36. The number of imidazole rings is 1. The van der Waals surface area contributed by atoms with Crippen LogP contribution in [0.3, 0.4) is 0 Å². The van der Waals surface area contributed by atoms with Crippen molar-refractivity contribution in [2.24, 2.45) is 0 Å². The smallest absolute Gasteiger partial charge is 0.276 e. The molecule has 2 heterocycles. The molecule has 2 aromatic heterocycles. The molecular weight excluding hydrogens is 398 g/mol. The molecule has 0 saturated heterocycles. The number of carbonyl (C=O) groups is 1. The highest BCUT2D eigenvalue weighted by Crippen LogP contribution is 2.29. The van der Waals surface area contributed by atoms with Gasteiger partial charge in [-0.1, -0.05) is 0 Å². The summed E-state index contributed by atoms with van der Waals surface area (Å²) in [5.41, 5.74) is 3.74. The molecule has 152 valence electrons. The van der Waals surface area contributed by atoms with Crippen LogP contribution in [0.25, 0.3) is 22.6 Å². The Bertz CT molecular complexity index is 1130. The number of hydrogen-bond acceptors (Lipinski definition) is 6. The zero-order valence-corrected chi connectivity index (χ0v) is 17.7. The Hall–Kier alpha value is -3.65. The van der Waals surface area contributed by atoms with Crippen LogP contribution in [-0.2, 0) is 0 Å². The van der Waals surface area contributed by atoms with Crippen molar-refractivity contribution in [3.63, 3.8) is 0 Å². The third-order valence-corrected chi connectivity index (χ3v) is 5.29. The Kier molecular flexibility index (Phi) is 5.49. The third kappa shape index (κ3) is 4.04. The molecule has 0 unspecified atom stereocenters. The van der Waals surface area contributed by atoms with E-state index in [4.69, 9.17) is 9.72 Å². The number of H-pyrrole nitrogens is 1. The molecule has 0 spiro atoms. The number of nitrogens with one attached hydrogen (secondary N) is 2. The van der Waals surface area contributed by atoms with Crippen molar-refractivity contribution in [1.82, 2.24) is 15.0 Å². The number of carbonyl (C=O) groups excluding carboxylic acids is 1. The van der Waals surface area contributed by atoms with Gasteiger partial charge in [0.05, 0.1) is 7.11 Å². The Balaban J connectivity index is 1.74. The van der Waals surface area contributed by atoms with Crippen molar-refractivity contribution < 1.29 is 9.53 Å². The molecule has 0 aliphatic heterocycles. The molecule has 0 atom stereocenters. The summed E-state index contributed by atoms with van der Waals surface area (Å²) in [5, 5.41) is 5.17. The van der Waals surface area contributed by atoms with E-state index in [1.807, 2.05) is 72.9 Å². The Morgan fingerprint density at radius 1 is 1.07 bits per heavy atom. The third-order valence-electron chi connectivity index (χ3n) is 4.60. The molecule has 0 aliphatic carbocycles. The van der Waals surface area contributed by atoms with Gasteiger partial charge in [0, 0.05) is 42.5 Å². The van der Waals surface area contributed by atoms with Crippen molar-refractivity contribution in [1.29, 1.82) is 0 Å². The summed E-state index contributed by atoms with van der Waals surface area (Å²) < 4.78 is 5.24. The lowest BCUT2D eigenvalue weighted by Crippen LogP contribution is -2.13. The van der Waals surface area contributed by atoms with E-state index in [-0.39, 0.29) is 5.91 Å². The fourth-order valence-electron chi connectivity index (χ4n) is 2.99. The lowest BCUT2D eigenvalue weighted by molar-refractivity contribution is 0.102. The largest absolute Gasteiger partial charge is 0.497 e. The number of nitrogens with zero attached hydrogens (tertiary/aromatic N) is 3. The van der Waals surface area contributed by atoms with Crippen LogP contribution in [0, 0.1) is 0 Å². The molecule has 8 heteroatoms. The normalized spacial score (nSPS) is 10.6. The van der Waals surface area contributed by atoms with Gasteiger partial charge in [0.2, 0.25) is 0 Å². The molecule has 2 N–H and O–H groups in total. The number of aromatic amines is 1. The van der Waals surface area contributed by atoms with Crippen molar-refractivity contribution in [2.45, 2.75) is 0 Å². The maximum atomic E-state index is 13.0. The summed E-state index contributed by atoms with van der Waals surface area (Å²) in [6.45, 7) is 0. The molecule has 4 aromatic rings. The maximum absolute atomic E-state index is 13.0. The van der Waals surface area contributed by atoms with Crippen LogP contribution in [0.4, 0.5) is 10.8 Å². The van der Waals surface area contributed by atoms with Gasteiger partial charge in [-0.2, -0.15) is 0 Å². The lowest BCUT2D eigenvalue weighted by Gasteiger charge is -2.12. The molecule has 0 bridgehead atoms. The van der Waals surface area contributed by atoms with E-state index in [2.05, 4.69) is 15.3 Å². The number of anilines is 2. The molecule has 30 heavy (non-hydrogen) atoms. The van der Waals surface area contributed by atoms with E-state index in [1.54, 1.807) is 13.3 Å². The molecule has 2 aromatic carbocycles. The summed E-state index contributed by atoms with van der Waals surface area (Å²) in [6.07, 6.45) is 1.65. The van der Waals surface area contributed by atoms with Crippen LogP contribution in [0.1, 0.15) is 10.5 Å². The first-order chi connectivity index (χ1) is 14.5. The summed E-state index contributed by atoms with van der Waals surface area (Å²) in [7, 11) is 5.60. The van der Waals surface area contributed by atoms with Crippen LogP contribution in [-0.4, -0.2) is 42.1 Å². The van der Waals surface area contributed by atoms with Gasteiger partial charge in [0.15, 0.2) is 5.13 Å². The monoisotopic (exact) mass is 419 g/mol. The fraction of sp³-hybridized carbons (Fsp3) is 0.136. The molecule has 0 saturated carbocycles. The number of methoxy groups -OCH3 is 1. The van der Waals surface area contributed by atoms with Gasteiger partial charge in [0.25, 0.3) is 5.91 Å². The number of amides is 1. The topological polar surface area (TPSA) is 83.1 Å².